The van der Waals surface area contributed by atoms with E-state index >= 15 is 0 Å². The maximum Gasteiger partial charge on any atom is 0.220 e. The molecular weight excluding hydrogens is 474 g/mol. The van der Waals surface area contributed by atoms with Gasteiger partial charge < -0.3 is 25.0 Å². The smallest absolute Gasteiger partial charge is 0.220 e. The largest absolute Gasteiger partial charge is 0.504 e. The maximum atomic E-state index is 13.9. The number of carbonyl (C=O) groups excluding carboxylic acids is 1. The fraction of sp³-hybridized carbons (Fsp3) is 0.344. The second-order valence-corrected chi connectivity index (χ2v) is 11.6. The van der Waals surface area contributed by atoms with Crippen molar-refractivity contribution in [1.29, 1.82) is 0 Å². The number of likely N-dealkylation sites (N-methyl/N-ethyl adjacent to an activating group) is 1. The Morgan fingerprint density at radius 1 is 1.13 bits per heavy atom. The molecule has 4 atom stereocenters. The molecule has 8 rings (SSSR count). The third-order valence-corrected chi connectivity index (χ3v) is 9.93. The van der Waals surface area contributed by atoms with Gasteiger partial charge in [-0.1, -0.05) is 54.6 Å². The quantitative estimate of drug-likeness (QED) is 0.380. The number of carbonyl (C=O) groups is 1. The summed E-state index contributed by atoms with van der Waals surface area (Å²) in [4.78, 5) is 20.0. The van der Waals surface area contributed by atoms with Crippen molar-refractivity contribution < 1.29 is 14.6 Å². The van der Waals surface area contributed by atoms with Crippen LogP contribution in [0.3, 0.4) is 0 Å². The summed E-state index contributed by atoms with van der Waals surface area (Å²) >= 11 is 0. The van der Waals surface area contributed by atoms with Crippen LogP contribution in [0.25, 0.3) is 10.9 Å². The van der Waals surface area contributed by atoms with Gasteiger partial charge in [-0.25, -0.2) is 0 Å². The summed E-state index contributed by atoms with van der Waals surface area (Å²) in [5.74, 6) is 0.865. The van der Waals surface area contributed by atoms with E-state index in [0.29, 0.717) is 18.6 Å². The number of phenols is 1. The number of ether oxygens (including phenoxy) is 1. The van der Waals surface area contributed by atoms with Gasteiger partial charge in [0.2, 0.25) is 5.91 Å². The summed E-state index contributed by atoms with van der Waals surface area (Å²) in [6.45, 7) is 0.913. The number of amides is 1. The first-order chi connectivity index (χ1) is 18.5. The van der Waals surface area contributed by atoms with Crippen molar-refractivity contribution in [3.8, 4) is 11.5 Å². The van der Waals surface area contributed by atoms with Crippen LogP contribution in [0.15, 0.2) is 66.7 Å². The Balaban J connectivity index is 1.33. The van der Waals surface area contributed by atoms with Crippen LogP contribution in [-0.2, 0) is 29.5 Å². The molecule has 2 aliphatic carbocycles. The van der Waals surface area contributed by atoms with Crippen molar-refractivity contribution in [2.45, 2.75) is 55.2 Å². The summed E-state index contributed by atoms with van der Waals surface area (Å²) in [5, 5.41) is 15.9. The molecule has 1 saturated heterocycles. The molecule has 4 aromatic rings. The van der Waals surface area contributed by atoms with Crippen molar-refractivity contribution in [2.24, 2.45) is 0 Å². The number of benzene rings is 3. The number of aromatic hydroxyl groups is 1. The van der Waals surface area contributed by atoms with E-state index in [-0.39, 0.29) is 23.8 Å². The Labute approximate surface area is 221 Å². The highest BCUT2D eigenvalue weighted by atomic mass is 16.5. The van der Waals surface area contributed by atoms with Crippen LogP contribution in [0.1, 0.15) is 46.9 Å². The van der Waals surface area contributed by atoms with Gasteiger partial charge in [-0.3, -0.25) is 4.79 Å². The monoisotopic (exact) mass is 505 g/mol. The van der Waals surface area contributed by atoms with E-state index in [1.165, 1.54) is 22.1 Å². The number of hydrogen-bond donors (Lipinski definition) is 3. The minimum absolute atomic E-state index is 0.0765. The maximum absolute atomic E-state index is 13.9. The Bertz CT molecular complexity index is 1610. The number of likely N-dealkylation sites (tertiary alicyclic amines) is 1. The predicted molar refractivity (Wildman–Crippen MR) is 146 cm³/mol. The summed E-state index contributed by atoms with van der Waals surface area (Å²) in [7, 11) is 2.19. The van der Waals surface area contributed by atoms with E-state index < -0.39 is 11.0 Å². The summed E-state index contributed by atoms with van der Waals surface area (Å²) in [6.07, 6.45) is 3.23. The number of piperidine rings is 1. The lowest BCUT2D eigenvalue weighted by molar-refractivity contribution is -0.131. The van der Waals surface area contributed by atoms with Crippen LogP contribution in [0.2, 0.25) is 0 Å². The number of phenolic OH excluding ortho intramolecular Hbond substituents is 1. The minimum atomic E-state index is -0.553. The fourth-order valence-electron chi connectivity index (χ4n) is 8.34. The number of hydrogen-bond acceptors (Lipinski definition) is 4. The number of H-pyrrole nitrogens is 1. The van der Waals surface area contributed by atoms with E-state index in [0.717, 1.165) is 42.6 Å². The summed E-state index contributed by atoms with van der Waals surface area (Å²) < 4.78 is 6.79. The van der Waals surface area contributed by atoms with Crippen molar-refractivity contribution in [2.75, 3.05) is 13.6 Å². The van der Waals surface area contributed by atoms with Crippen LogP contribution in [0, 0.1) is 0 Å². The Hall–Kier alpha value is -3.77. The van der Waals surface area contributed by atoms with Gasteiger partial charge in [-0.2, -0.15) is 0 Å². The van der Waals surface area contributed by atoms with Crippen molar-refractivity contribution in [3.05, 3.63) is 94.7 Å². The molecule has 1 spiro atoms. The molecule has 38 heavy (non-hydrogen) atoms. The fourth-order valence-corrected chi connectivity index (χ4v) is 8.34. The average molecular weight is 506 g/mol. The predicted octanol–water partition coefficient (Wildman–Crippen LogP) is 4.55. The Morgan fingerprint density at radius 3 is 2.82 bits per heavy atom. The molecule has 0 saturated carbocycles. The molecule has 3 heterocycles. The van der Waals surface area contributed by atoms with E-state index in [1.54, 1.807) is 6.07 Å². The summed E-state index contributed by atoms with van der Waals surface area (Å²) in [6, 6.07) is 22.6. The molecular formula is C32H31N3O3. The van der Waals surface area contributed by atoms with Crippen LogP contribution in [0.4, 0.5) is 0 Å². The molecule has 1 amide bonds. The molecule has 1 unspecified atom stereocenters. The van der Waals surface area contributed by atoms with E-state index in [2.05, 4.69) is 64.7 Å². The summed E-state index contributed by atoms with van der Waals surface area (Å²) in [5.41, 5.74) is 5.90. The molecule has 4 aliphatic rings. The lowest BCUT2D eigenvalue weighted by atomic mass is 9.47. The Kier molecular flexibility index (Phi) is 4.47. The van der Waals surface area contributed by atoms with Gasteiger partial charge in [-0.15, -0.1) is 0 Å². The molecule has 2 bridgehead atoms. The van der Waals surface area contributed by atoms with Crippen molar-refractivity contribution in [1.82, 2.24) is 15.2 Å². The van der Waals surface area contributed by atoms with Gasteiger partial charge in [0, 0.05) is 35.3 Å². The number of nitrogens with zero attached hydrogens (tertiary/aromatic N) is 1. The minimum Gasteiger partial charge on any atom is -0.504 e. The van der Waals surface area contributed by atoms with Gasteiger partial charge >= 0.3 is 0 Å². The second kappa shape index (κ2) is 7.64. The molecule has 6 heteroatoms. The Morgan fingerprint density at radius 2 is 1.95 bits per heavy atom. The molecule has 3 aromatic carbocycles. The normalized spacial score (nSPS) is 28.4. The van der Waals surface area contributed by atoms with Crippen LogP contribution >= 0.6 is 0 Å². The average Bonchev–Trinajstić information content (AvgIpc) is 3.47. The lowest BCUT2D eigenvalue weighted by Gasteiger charge is -2.64. The highest BCUT2D eigenvalue weighted by Crippen LogP contribution is 2.68. The molecule has 3 N–H and O–H groups in total. The first-order valence-corrected chi connectivity index (χ1v) is 13.7. The van der Waals surface area contributed by atoms with Crippen molar-refractivity contribution in [3.63, 3.8) is 0 Å². The SMILES string of the molecule is CN1CC[C@]23c4c5ccc(O)c4O[C@H]2c2[nH]c4ccccc4c2C[C@@]3(NC(=O)CCc2ccccc2)C1C5. The molecule has 6 nitrogen and oxygen atoms in total. The molecule has 1 fully saturated rings. The molecule has 192 valence electrons. The molecule has 0 radical (unpaired) electrons. The second-order valence-electron chi connectivity index (χ2n) is 11.6. The van der Waals surface area contributed by atoms with Gasteiger partial charge in [0.15, 0.2) is 17.6 Å². The number of aromatic amines is 1. The highest BCUT2D eigenvalue weighted by molar-refractivity contribution is 5.87. The zero-order valence-electron chi connectivity index (χ0n) is 21.5. The number of fused-ring (bicyclic) bond motifs is 4. The first-order valence-electron chi connectivity index (χ1n) is 13.7. The van der Waals surface area contributed by atoms with Gasteiger partial charge in [0.25, 0.3) is 0 Å². The van der Waals surface area contributed by atoms with Gasteiger partial charge in [-0.05, 0) is 61.7 Å². The zero-order chi connectivity index (χ0) is 25.6. The third kappa shape index (κ3) is 2.68. The first kappa shape index (κ1) is 22.2. The van der Waals surface area contributed by atoms with Crippen LogP contribution in [0.5, 0.6) is 11.5 Å². The number of aromatic nitrogens is 1. The topological polar surface area (TPSA) is 77.6 Å². The standard InChI is InChI=1S/C32H31N3O3/c1-35-16-15-31-27-20-12-13-24(36)29(27)38-30(31)28-22(21-9-5-6-10-23(21)33-28)18-32(31,25(35)17-20)34-26(37)14-11-19-7-3-2-4-8-19/h2-10,12-13,25,30,33,36H,11,14-18H2,1H3,(H,34,37)/t25?,30-,31-,32+/m0/s1. The number of para-hydroxylation sites is 1. The van der Waals surface area contributed by atoms with Gasteiger partial charge in [0.05, 0.1) is 16.6 Å². The van der Waals surface area contributed by atoms with Crippen LogP contribution in [-0.4, -0.2) is 46.1 Å². The zero-order valence-corrected chi connectivity index (χ0v) is 21.5. The van der Waals surface area contributed by atoms with Crippen molar-refractivity contribution >= 4 is 16.8 Å². The van der Waals surface area contributed by atoms with Gasteiger partial charge in [0.1, 0.15) is 0 Å². The molecule has 1 aromatic heterocycles. The number of aryl methyl sites for hydroxylation is 1. The number of nitrogens with one attached hydrogen (secondary N) is 2. The lowest BCUT2D eigenvalue weighted by Crippen LogP contribution is -2.79. The number of rotatable bonds is 4. The van der Waals surface area contributed by atoms with E-state index in [9.17, 15) is 9.90 Å². The van der Waals surface area contributed by atoms with Crippen LogP contribution < -0.4 is 10.1 Å². The highest BCUT2D eigenvalue weighted by Gasteiger charge is 2.73. The van der Waals surface area contributed by atoms with E-state index in [4.69, 9.17) is 4.74 Å². The molecule has 2 aliphatic heterocycles. The van der Waals surface area contributed by atoms with E-state index in [1.807, 2.05) is 18.2 Å². The third-order valence-electron chi connectivity index (χ3n) is 9.93.